The standard InChI is InChI=1S/C12H20BrN3O2S2/c1-15-7-9-16(10-8-15)6-2-5-14-20(17,18)12-4-3-11(13)19-12/h3-4,14H,2,5-10H2,1H3. The van der Waals surface area contributed by atoms with E-state index in [0.29, 0.717) is 10.8 Å². The van der Waals surface area contributed by atoms with Crippen LogP contribution in [0.4, 0.5) is 0 Å². The molecule has 2 heterocycles. The van der Waals surface area contributed by atoms with Crippen LogP contribution in [0.1, 0.15) is 6.42 Å². The van der Waals surface area contributed by atoms with E-state index in [9.17, 15) is 8.42 Å². The summed E-state index contributed by atoms with van der Waals surface area (Å²) >= 11 is 4.51. The van der Waals surface area contributed by atoms with E-state index in [1.807, 2.05) is 0 Å². The van der Waals surface area contributed by atoms with Crippen molar-refractivity contribution in [2.75, 3.05) is 46.3 Å². The van der Waals surface area contributed by atoms with Crippen LogP contribution in [-0.2, 0) is 10.0 Å². The van der Waals surface area contributed by atoms with Gasteiger partial charge < -0.3 is 9.80 Å². The van der Waals surface area contributed by atoms with Gasteiger partial charge in [0.2, 0.25) is 10.0 Å². The van der Waals surface area contributed by atoms with Crippen molar-refractivity contribution in [3.05, 3.63) is 15.9 Å². The first-order chi connectivity index (χ1) is 9.47. The second kappa shape index (κ2) is 7.33. The summed E-state index contributed by atoms with van der Waals surface area (Å²) in [6, 6.07) is 3.38. The topological polar surface area (TPSA) is 52.6 Å². The molecule has 0 spiro atoms. The molecule has 1 aliphatic heterocycles. The second-order valence-electron chi connectivity index (χ2n) is 4.95. The molecule has 1 aromatic rings. The molecule has 0 saturated carbocycles. The first-order valence-electron chi connectivity index (χ1n) is 6.63. The van der Waals surface area contributed by atoms with E-state index >= 15 is 0 Å². The van der Waals surface area contributed by atoms with Gasteiger partial charge in [0.15, 0.2) is 0 Å². The average molecular weight is 382 g/mol. The van der Waals surface area contributed by atoms with Gasteiger partial charge in [0.1, 0.15) is 4.21 Å². The lowest BCUT2D eigenvalue weighted by atomic mass is 10.3. The van der Waals surface area contributed by atoms with Gasteiger partial charge in [-0.25, -0.2) is 13.1 Å². The van der Waals surface area contributed by atoms with E-state index in [-0.39, 0.29) is 0 Å². The number of hydrogen-bond donors (Lipinski definition) is 1. The Morgan fingerprint density at radius 1 is 1.30 bits per heavy atom. The molecule has 1 N–H and O–H groups in total. The molecule has 0 unspecified atom stereocenters. The molecule has 1 aliphatic rings. The zero-order valence-corrected chi connectivity index (χ0v) is 14.7. The molecular weight excluding hydrogens is 362 g/mol. The van der Waals surface area contributed by atoms with E-state index in [1.54, 1.807) is 12.1 Å². The Morgan fingerprint density at radius 2 is 2.00 bits per heavy atom. The number of thiophene rings is 1. The van der Waals surface area contributed by atoms with Gasteiger partial charge in [0, 0.05) is 32.7 Å². The van der Waals surface area contributed by atoms with E-state index < -0.39 is 10.0 Å². The van der Waals surface area contributed by atoms with Crippen LogP contribution in [0.5, 0.6) is 0 Å². The number of piperazine rings is 1. The molecule has 0 amide bonds. The SMILES string of the molecule is CN1CCN(CCCNS(=O)(=O)c2ccc(Br)s2)CC1. The third-order valence-electron chi connectivity index (χ3n) is 3.35. The number of sulfonamides is 1. The molecule has 8 heteroatoms. The molecule has 114 valence electrons. The maximum atomic E-state index is 12.0. The molecule has 1 fully saturated rings. The fraction of sp³-hybridized carbons (Fsp3) is 0.667. The Hall–Kier alpha value is 0.01000. The van der Waals surface area contributed by atoms with E-state index in [2.05, 4.69) is 37.5 Å². The summed E-state index contributed by atoms with van der Waals surface area (Å²) in [6.07, 6.45) is 0.843. The van der Waals surface area contributed by atoms with Crippen molar-refractivity contribution in [1.29, 1.82) is 0 Å². The maximum absolute atomic E-state index is 12.0. The predicted molar refractivity (Wildman–Crippen MR) is 85.8 cm³/mol. The highest BCUT2D eigenvalue weighted by Gasteiger charge is 2.16. The van der Waals surface area contributed by atoms with Gasteiger partial charge in [0.25, 0.3) is 0 Å². The molecule has 0 bridgehead atoms. The lowest BCUT2D eigenvalue weighted by Crippen LogP contribution is -2.45. The van der Waals surface area contributed by atoms with Crippen LogP contribution in [0.2, 0.25) is 0 Å². The van der Waals surface area contributed by atoms with Crippen LogP contribution in [0.25, 0.3) is 0 Å². The van der Waals surface area contributed by atoms with E-state index in [0.717, 1.165) is 42.9 Å². The van der Waals surface area contributed by atoms with Crippen molar-refractivity contribution in [2.24, 2.45) is 0 Å². The van der Waals surface area contributed by atoms with Crippen molar-refractivity contribution in [3.8, 4) is 0 Å². The number of nitrogens with zero attached hydrogens (tertiary/aromatic N) is 2. The van der Waals surface area contributed by atoms with Gasteiger partial charge in [-0.1, -0.05) is 0 Å². The molecule has 1 saturated heterocycles. The number of likely N-dealkylation sites (N-methyl/N-ethyl adjacent to an activating group) is 1. The van der Waals surface area contributed by atoms with Crippen molar-refractivity contribution >= 4 is 37.3 Å². The summed E-state index contributed by atoms with van der Waals surface area (Å²) in [7, 11) is -1.21. The lowest BCUT2D eigenvalue weighted by molar-refractivity contribution is 0.153. The predicted octanol–water partition coefficient (Wildman–Crippen LogP) is 1.43. The average Bonchev–Trinajstić information content (AvgIpc) is 2.84. The minimum Gasteiger partial charge on any atom is -0.304 e. The number of halogens is 1. The van der Waals surface area contributed by atoms with Crippen molar-refractivity contribution in [2.45, 2.75) is 10.6 Å². The van der Waals surface area contributed by atoms with E-state index in [4.69, 9.17) is 0 Å². The Kier molecular flexibility index (Phi) is 6.00. The zero-order valence-electron chi connectivity index (χ0n) is 11.5. The van der Waals surface area contributed by atoms with Crippen LogP contribution in [0.15, 0.2) is 20.1 Å². The fourth-order valence-electron chi connectivity index (χ4n) is 2.09. The lowest BCUT2D eigenvalue weighted by Gasteiger charge is -2.32. The molecule has 0 aromatic carbocycles. The summed E-state index contributed by atoms with van der Waals surface area (Å²) in [6.45, 7) is 5.76. The van der Waals surface area contributed by atoms with Gasteiger partial charge in [0.05, 0.1) is 3.79 Å². The van der Waals surface area contributed by atoms with Crippen molar-refractivity contribution in [1.82, 2.24) is 14.5 Å². The summed E-state index contributed by atoms with van der Waals surface area (Å²) in [4.78, 5) is 4.70. The third-order valence-corrected chi connectivity index (χ3v) is 6.93. The Morgan fingerprint density at radius 3 is 2.60 bits per heavy atom. The minimum absolute atomic E-state index is 0.365. The minimum atomic E-state index is -3.34. The first-order valence-corrected chi connectivity index (χ1v) is 9.72. The van der Waals surface area contributed by atoms with Gasteiger partial charge in [-0.2, -0.15) is 0 Å². The van der Waals surface area contributed by atoms with E-state index in [1.165, 1.54) is 11.3 Å². The Labute approximate surface area is 133 Å². The first kappa shape index (κ1) is 16.4. The molecule has 2 rings (SSSR count). The quantitative estimate of drug-likeness (QED) is 0.757. The van der Waals surface area contributed by atoms with Crippen LogP contribution < -0.4 is 4.72 Å². The van der Waals surface area contributed by atoms with Gasteiger partial charge in [-0.3, -0.25) is 0 Å². The molecule has 5 nitrogen and oxygen atoms in total. The van der Waals surface area contributed by atoms with Crippen LogP contribution in [0, 0.1) is 0 Å². The summed E-state index contributed by atoms with van der Waals surface area (Å²) in [5.41, 5.74) is 0. The monoisotopic (exact) mass is 381 g/mol. The summed E-state index contributed by atoms with van der Waals surface area (Å²) < 4.78 is 27.9. The van der Waals surface area contributed by atoms with Crippen molar-refractivity contribution < 1.29 is 8.42 Å². The Balaban J connectivity index is 1.70. The number of hydrogen-bond acceptors (Lipinski definition) is 5. The largest absolute Gasteiger partial charge is 0.304 e. The highest BCUT2D eigenvalue weighted by Crippen LogP contribution is 2.25. The molecule has 0 radical (unpaired) electrons. The van der Waals surface area contributed by atoms with Gasteiger partial charge in [-0.15, -0.1) is 11.3 Å². The second-order valence-corrected chi connectivity index (χ2v) is 9.41. The van der Waals surface area contributed by atoms with Crippen LogP contribution >= 0.6 is 27.3 Å². The summed E-state index contributed by atoms with van der Waals surface area (Å²) in [5.74, 6) is 0. The van der Waals surface area contributed by atoms with Crippen LogP contribution in [0.3, 0.4) is 0 Å². The Bertz CT molecular complexity index is 525. The summed E-state index contributed by atoms with van der Waals surface area (Å²) in [5, 5.41) is 0. The normalized spacial score (nSPS) is 18.5. The highest BCUT2D eigenvalue weighted by molar-refractivity contribution is 9.11. The number of nitrogens with one attached hydrogen (secondary N) is 1. The smallest absolute Gasteiger partial charge is 0.250 e. The molecule has 20 heavy (non-hydrogen) atoms. The number of rotatable bonds is 6. The fourth-order valence-corrected chi connectivity index (χ4v) is 5.22. The van der Waals surface area contributed by atoms with Gasteiger partial charge in [-0.05, 0) is 48.1 Å². The molecule has 0 atom stereocenters. The molecule has 0 aliphatic carbocycles. The molecular formula is C12H20BrN3O2S2. The maximum Gasteiger partial charge on any atom is 0.250 e. The van der Waals surface area contributed by atoms with Crippen molar-refractivity contribution in [3.63, 3.8) is 0 Å². The van der Waals surface area contributed by atoms with Gasteiger partial charge >= 0.3 is 0 Å². The highest BCUT2D eigenvalue weighted by atomic mass is 79.9. The zero-order chi connectivity index (χ0) is 14.6. The third kappa shape index (κ3) is 4.78. The molecule has 1 aromatic heterocycles. The van der Waals surface area contributed by atoms with Crippen LogP contribution in [-0.4, -0.2) is 64.5 Å².